The predicted octanol–water partition coefficient (Wildman–Crippen LogP) is 4.03. The summed E-state index contributed by atoms with van der Waals surface area (Å²) in [5, 5.41) is 7.66. The number of nitrogens with two attached hydrogens (primary N) is 2. The molecule has 2 unspecified atom stereocenters. The maximum atomic E-state index is 14.8. The summed E-state index contributed by atoms with van der Waals surface area (Å²) in [6.45, 7) is 4.04. The van der Waals surface area contributed by atoms with Crippen LogP contribution in [-0.4, -0.2) is 33.3 Å². The van der Waals surface area contributed by atoms with E-state index in [0.717, 1.165) is 11.8 Å². The number of nitrogens with zero attached hydrogens (tertiary/aromatic N) is 4. The number of benzene rings is 1. The highest BCUT2D eigenvalue weighted by Crippen LogP contribution is 2.46. The molecule has 0 radical (unpaired) electrons. The van der Waals surface area contributed by atoms with Crippen molar-refractivity contribution < 1.29 is 13.9 Å². The van der Waals surface area contributed by atoms with Crippen molar-refractivity contribution >= 4 is 34.4 Å². The quantitative estimate of drug-likeness (QED) is 0.292. The second-order valence-electron chi connectivity index (χ2n) is 8.69. The summed E-state index contributed by atoms with van der Waals surface area (Å²) in [5.74, 6) is 1.73. The van der Waals surface area contributed by atoms with Crippen LogP contribution in [0.25, 0.3) is 21.9 Å². The van der Waals surface area contributed by atoms with E-state index >= 15 is 0 Å². The van der Waals surface area contributed by atoms with Gasteiger partial charge in [0.05, 0.1) is 24.7 Å². The van der Waals surface area contributed by atoms with Gasteiger partial charge in [0.25, 0.3) is 0 Å². The monoisotopic (exact) mass is 477 g/mol. The Labute approximate surface area is 202 Å². The number of amides is 1. The SMILES string of the molecule is CC1CC1c1cnn(C)c1.COc1ncc(-c2cc3cc(NC=O)ncc3c(N)c2F)c(C)c1N. The van der Waals surface area contributed by atoms with Crippen LogP contribution in [0.15, 0.2) is 36.9 Å². The van der Waals surface area contributed by atoms with Crippen molar-refractivity contribution in [3.8, 4) is 17.0 Å². The van der Waals surface area contributed by atoms with Crippen molar-refractivity contribution in [1.29, 1.82) is 0 Å². The molecule has 0 aliphatic heterocycles. The molecule has 35 heavy (non-hydrogen) atoms. The zero-order valence-electron chi connectivity index (χ0n) is 20.0. The van der Waals surface area contributed by atoms with E-state index in [9.17, 15) is 9.18 Å². The van der Waals surface area contributed by atoms with E-state index in [4.69, 9.17) is 16.2 Å². The number of aryl methyl sites for hydroxylation is 1. The fraction of sp³-hybridized carbons (Fsp3) is 0.280. The van der Waals surface area contributed by atoms with Crippen molar-refractivity contribution in [1.82, 2.24) is 19.7 Å². The number of carbonyl (C=O) groups is 1. The predicted molar refractivity (Wildman–Crippen MR) is 134 cm³/mol. The van der Waals surface area contributed by atoms with Crippen LogP contribution in [0.4, 0.5) is 21.6 Å². The standard InChI is InChI=1S/C17H16FN5O2.C8H12N2/c1-8-11(5-22-17(25-2)15(8)19)10-3-9-4-13(23-7-24)21-6-12(9)16(20)14(10)18;1-6-3-8(6)7-4-9-10(2)5-7/h3-7H,19-20H2,1-2H3,(H,21,23,24);4-6,8H,3H2,1-2H3. The van der Waals surface area contributed by atoms with Crippen molar-refractivity contribution in [2.75, 3.05) is 23.9 Å². The molecule has 3 heterocycles. The minimum atomic E-state index is -0.583. The number of fused-ring (bicyclic) bond motifs is 1. The molecule has 1 aliphatic carbocycles. The fourth-order valence-electron chi connectivity index (χ4n) is 4.08. The van der Waals surface area contributed by atoms with Gasteiger partial charge < -0.3 is 21.5 Å². The van der Waals surface area contributed by atoms with Crippen LogP contribution in [0.5, 0.6) is 5.88 Å². The molecular formula is C25H28FN7O2. The first-order valence-corrected chi connectivity index (χ1v) is 11.1. The van der Waals surface area contributed by atoms with E-state index in [0.29, 0.717) is 39.8 Å². The number of nitrogen functional groups attached to an aromatic ring is 2. The molecule has 0 spiro atoms. The average molecular weight is 478 g/mol. The summed E-state index contributed by atoms with van der Waals surface area (Å²) in [6, 6.07) is 3.23. The molecule has 1 amide bonds. The molecule has 10 heteroatoms. The zero-order valence-corrected chi connectivity index (χ0v) is 20.0. The molecule has 1 saturated carbocycles. The minimum Gasteiger partial charge on any atom is -0.480 e. The largest absolute Gasteiger partial charge is 0.480 e. The Hall–Kier alpha value is -4.21. The number of nitrogens with one attached hydrogen (secondary N) is 1. The first-order valence-electron chi connectivity index (χ1n) is 11.1. The molecule has 1 fully saturated rings. The number of halogens is 1. The highest BCUT2D eigenvalue weighted by molar-refractivity contribution is 5.98. The Bertz CT molecular complexity index is 1400. The van der Waals surface area contributed by atoms with Gasteiger partial charge in [-0.2, -0.15) is 5.10 Å². The second-order valence-corrected chi connectivity index (χ2v) is 8.69. The van der Waals surface area contributed by atoms with Crippen molar-refractivity contribution in [3.63, 3.8) is 0 Å². The Morgan fingerprint density at radius 1 is 1.17 bits per heavy atom. The Balaban J connectivity index is 0.000000239. The van der Waals surface area contributed by atoms with E-state index in [-0.39, 0.29) is 17.1 Å². The molecule has 5 N–H and O–H groups in total. The summed E-state index contributed by atoms with van der Waals surface area (Å²) < 4.78 is 21.8. The van der Waals surface area contributed by atoms with Gasteiger partial charge in [0, 0.05) is 42.2 Å². The maximum absolute atomic E-state index is 14.8. The molecule has 1 aromatic carbocycles. The summed E-state index contributed by atoms with van der Waals surface area (Å²) in [5.41, 5.74) is 15.0. The molecule has 0 saturated heterocycles. The van der Waals surface area contributed by atoms with Crippen LogP contribution in [-0.2, 0) is 11.8 Å². The molecule has 1 aliphatic rings. The first kappa shape index (κ1) is 23.9. The van der Waals surface area contributed by atoms with Crippen LogP contribution in [0, 0.1) is 18.7 Å². The Kier molecular flexibility index (Phi) is 6.54. The summed E-state index contributed by atoms with van der Waals surface area (Å²) >= 11 is 0. The number of hydrogen-bond donors (Lipinski definition) is 3. The normalized spacial score (nSPS) is 16.4. The lowest BCUT2D eigenvalue weighted by Gasteiger charge is -2.14. The lowest BCUT2D eigenvalue weighted by atomic mass is 9.97. The van der Waals surface area contributed by atoms with Crippen LogP contribution < -0.4 is 21.5 Å². The van der Waals surface area contributed by atoms with E-state index in [2.05, 4.69) is 33.5 Å². The maximum Gasteiger partial charge on any atom is 0.237 e. The molecule has 4 aromatic rings. The van der Waals surface area contributed by atoms with Gasteiger partial charge >= 0.3 is 0 Å². The number of rotatable bonds is 5. The van der Waals surface area contributed by atoms with Gasteiger partial charge in [-0.05, 0) is 53.8 Å². The number of methoxy groups -OCH3 is 1. The van der Waals surface area contributed by atoms with Crippen LogP contribution in [0.2, 0.25) is 0 Å². The van der Waals surface area contributed by atoms with Crippen molar-refractivity contribution in [2.45, 2.75) is 26.2 Å². The molecule has 3 aromatic heterocycles. The van der Waals surface area contributed by atoms with Gasteiger partial charge in [0.1, 0.15) is 5.82 Å². The van der Waals surface area contributed by atoms with E-state index in [1.54, 1.807) is 19.1 Å². The number of anilines is 3. The lowest BCUT2D eigenvalue weighted by Crippen LogP contribution is -2.03. The number of carbonyl (C=O) groups excluding carboxylic acids is 1. The lowest BCUT2D eigenvalue weighted by molar-refractivity contribution is -0.105. The smallest absolute Gasteiger partial charge is 0.237 e. The van der Waals surface area contributed by atoms with E-state index < -0.39 is 5.82 Å². The van der Waals surface area contributed by atoms with Crippen LogP contribution >= 0.6 is 0 Å². The van der Waals surface area contributed by atoms with Crippen molar-refractivity contribution in [2.24, 2.45) is 13.0 Å². The van der Waals surface area contributed by atoms with Crippen molar-refractivity contribution in [3.05, 3.63) is 53.9 Å². The molecular weight excluding hydrogens is 449 g/mol. The Morgan fingerprint density at radius 3 is 2.51 bits per heavy atom. The molecule has 0 bridgehead atoms. The molecule has 5 rings (SSSR count). The van der Waals surface area contributed by atoms with Gasteiger partial charge in [-0.3, -0.25) is 9.48 Å². The summed E-state index contributed by atoms with van der Waals surface area (Å²) in [7, 11) is 3.43. The average Bonchev–Trinajstić information content (AvgIpc) is 3.42. The highest BCUT2D eigenvalue weighted by atomic mass is 19.1. The third-order valence-electron chi connectivity index (χ3n) is 6.30. The number of hydrogen-bond acceptors (Lipinski definition) is 7. The van der Waals surface area contributed by atoms with Crippen LogP contribution in [0.1, 0.15) is 30.4 Å². The van der Waals surface area contributed by atoms with E-state index in [1.807, 2.05) is 17.9 Å². The third kappa shape index (κ3) is 4.72. The zero-order chi connectivity index (χ0) is 25.3. The van der Waals surface area contributed by atoms with Gasteiger partial charge in [-0.1, -0.05) is 6.92 Å². The topological polar surface area (TPSA) is 134 Å². The van der Waals surface area contributed by atoms with Gasteiger partial charge in [0.2, 0.25) is 12.3 Å². The highest BCUT2D eigenvalue weighted by Gasteiger charge is 2.34. The minimum absolute atomic E-state index is 0.0357. The molecule has 2 atom stereocenters. The Morgan fingerprint density at radius 2 is 1.91 bits per heavy atom. The summed E-state index contributed by atoms with van der Waals surface area (Å²) in [4.78, 5) is 18.7. The number of aromatic nitrogens is 4. The van der Waals surface area contributed by atoms with Gasteiger partial charge in [-0.25, -0.2) is 14.4 Å². The molecule has 9 nitrogen and oxygen atoms in total. The van der Waals surface area contributed by atoms with Gasteiger partial charge in [0.15, 0.2) is 5.82 Å². The van der Waals surface area contributed by atoms with Gasteiger partial charge in [-0.15, -0.1) is 0 Å². The van der Waals surface area contributed by atoms with E-state index in [1.165, 1.54) is 31.5 Å². The number of ether oxygens (including phenoxy) is 1. The van der Waals surface area contributed by atoms with Crippen LogP contribution in [0.3, 0.4) is 0 Å². The fourth-order valence-corrected chi connectivity index (χ4v) is 4.08. The molecule has 182 valence electrons. The summed E-state index contributed by atoms with van der Waals surface area (Å²) in [6.07, 6.45) is 8.87. The third-order valence-corrected chi connectivity index (χ3v) is 6.30. The number of pyridine rings is 2. The second kappa shape index (κ2) is 9.57. The first-order chi connectivity index (χ1) is 16.7.